The molecule has 0 atom stereocenters. The molecule has 2 aromatic rings. The largest absolute Gasteiger partial charge is 0.421 e. The molecule has 0 unspecified atom stereocenters. The van der Waals surface area contributed by atoms with Gasteiger partial charge in [-0.05, 0) is 39.7 Å². The number of pyridine rings is 1. The maximum atomic E-state index is 12.0. The van der Waals surface area contributed by atoms with Crippen molar-refractivity contribution in [3.05, 3.63) is 58.3 Å². The molecule has 5 nitrogen and oxygen atoms in total. The van der Waals surface area contributed by atoms with E-state index < -0.39 is 5.97 Å². The number of benzene rings is 1. The highest BCUT2D eigenvalue weighted by Crippen LogP contribution is 2.17. The first kappa shape index (κ1) is 15.2. The molecule has 0 radical (unpaired) electrons. The minimum atomic E-state index is -0.457. The van der Waals surface area contributed by atoms with E-state index in [2.05, 4.69) is 26.2 Å². The SMILES string of the molecule is CC(=O)NCc1ccc(C(=O)Oc2cncc(Br)c2)cc1. The molecule has 0 spiro atoms. The lowest BCUT2D eigenvalue weighted by Gasteiger charge is -2.06. The summed E-state index contributed by atoms with van der Waals surface area (Å²) in [5.74, 6) is -0.182. The number of rotatable bonds is 4. The zero-order valence-corrected chi connectivity index (χ0v) is 12.9. The number of carbonyl (C=O) groups excluding carboxylic acids is 2. The molecule has 1 heterocycles. The molecule has 1 aromatic carbocycles. The predicted octanol–water partition coefficient (Wildman–Crippen LogP) is 2.70. The molecule has 2 rings (SSSR count). The number of amides is 1. The molecular weight excluding hydrogens is 336 g/mol. The molecule has 0 aliphatic rings. The fourth-order valence-corrected chi connectivity index (χ4v) is 1.94. The summed E-state index contributed by atoms with van der Waals surface area (Å²) < 4.78 is 5.95. The van der Waals surface area contributed by atoms with Crippen LogP contribution in [0.3, 0.4) is 0 Å². The smallest absolute Gasteiger partial charge is 0.343 e. The Kier molecular flexibility index (Phi) is 5.05. The molecule has 108 valence electrons. The molecule has 1 amide bonds. The molecule has 0 bridgehead atoms. The van der Waals surface area contributed by atoms with Crippen LogP contribution in [0, 0.1) is 0 Å². The quantitative estimate of drug-likeness (QED) is 0.862. The van der Waals surface area contributed by atoms with Gasteiger partial charge in [0.1, 0.15) is 0 Å². The number of hydrogen-bond donors (Lipinski definition) is 1. The van der Waals surface area contributed by atoms with Crippen LogP contribution < -0.4 is 10.1 Å². The summed E-state index contributed by atoms with van der Waals surface area (Å²) in [6, 6.07) is 8.52. The van der Waals surface area contributed by atoms with Gasteiger partial charge < -0.3 is 10.1 Å². The minimum Gasteiger partial charge on any atom is -0.421 e. The van der Waals surface area contributed by atoms with Crippen molar-refractivity contribution < 1.29 is 14.3 Å². The Morgan fingerprint density at radius 2 is 1.95 bits per heavy atom. The monoisotopic (exact) mass is 348 g/mol. The van der Waals surface area contributed by atoms with Crippen molar-refractivity contribution in [1.82, 2.24) is 10.3 Å². The first-order chi connectivity index (χ1) is 10.0. The van der Waals surface area contributed by atoms with Crippen LogP contribution in [-0.2, 0) is 11.3 Å². The second-order valence-electron chi connectivity index (χ2n) is 4.34. The van der Waals surface area contributed by atoms with E-state index in [0.717, 1.165) is 10.0 Å². The van der Waals surface area contributed by atoms with Crippen molar-refractivity contribution in [2.45, 2.75) is 13.5 Å². The number of aromatic nitrogens is 1. The summed E-state index contributed by atoms with van der Waals surface area (Å²) >= 11 is 3.26. The minimum absolute atomic E-state index is 0.0966. The molecule has 6 heteroatoms. The second-order valence-corrected chi connectivity index (χ2v) is 5.25. The molecule has 0 fully saturated rings. The Morgan fingerprint density at radius 3 is 2.57 bits per heavy atom. The number of ether oxygens (including phenoxy) is 1. The lowest BCUT2D eigenvalue weighted by Crippen LogP contribution is -2.19. The van der Waals surface area contributed by atoms with Gasteiger partial charge in [-0.3, -0.25) is 9.78 Å². The fraction of sp³-hybridized carbons (Fsp3) is 0.133. The first-order valence-electron chi connectivity index (χ1n) is 6.21. The van der Waals surface area contributed by atoms with E-state index in [1.165, 1.54) is 13.1 Å². The van der Waals surface area contributed by atoms with Crippen molar-refractivity contribution in [1.29, 1.82) is 0 Å². The average Bonchev–Trinajstić information content (AvgIpc) is 2.45. The van der Waals surface area contributed by atoms with Crippen molar-refractivity contribution in [2.75, 3.05) is 0 Å². The third kappa shape index (κ3) is 4.68. The normalized spacial score (nSPS) is 10.0. The fourth-order valence-electron chi connectivity index (χ4n) is 1.60. The van der Waals surface area contributed by atoms with Crippen LogP contribution in [-0.4, -0.2) is 16.9 Å². The maximum Gasteiger partial charge on any atom is 0.343 e. The number of hydrogen-bond acceptors (Lipinski definition) is 4. The zero-order valence-electron chi connectivity index (χ0n) is 11.3. The molecule has 0 saturated carbocycles. The van der Waals surface area contributed by atoms with Crippen molar-refractivity contribution in [3.63, 3.8) is 0 Å². The Labute approximate surface area is 130 Å². The highest BCUT2D eigenvalue weighted by Gasteiger charge is 2.09. The molecule has 0 aliphatic carbocycles. The van der Waals surface area contributed by atoms with Gasteiger partial charge in [-0.1, -0.05) is 12.1 Å². The second kappa shape index (κ2) is 6.99. The number of esters is 1. The summed E-state index contributed by atoms with van der Waals surface area (Å²) in [6.07, 6.45) is 3.07. The standard InChI is InChI=1S/C15H13BrN2O3/c1-10(19)18-7-11-2-4-12(5-3-11)15(20)21-14-6-13(16)8-17-9-14/h2-6,8-9H,7H2,1H3,(H,18,19). The van der Waals surface area contributed by atoms with E-state index in [1.807, 2.05) is 0 Å². The topological polar surface area (TPSA) is 68.3 Å². The van der Waals surface area contributed by atoms with Crippen LogP contribution in [0.2, 0.25) is 0 Å². The highest BCUT2D eigenvalue weighted by molar-refractivity contribution is 9.10. The van der Waals surface area contributed by atoms with Gasteiger partial charge in [0.25, 0.3) is 0 Å². The summed E-state index contributed by atoms with van der Waals surface area (Å²) in [7, 11) is 0. The van der Waals surface area contributed by atoms with E-state index in [4.69, 9.17) is 4.74 Å². The maximum absolute atomic E-state index is 12.0. The summed E-state index contributed by atoms with van der Waals surface area (Å²) in [6.45, 7) is 1.89. The van der Waals surface area contributed by atoms with Crippen molar-refractivity contribution >= 4 is 27.8 Å². The summed E-state index contributed by atoms with van der Waals surface area (Å²) in [4.78, 5) is 26.7. The van der Waals surface area contributed by atoms with E-state index in [9.17, 15) is 9.59 Å². The van der Waals surface area contributed by atoms with Crippen LogP contribution in [0.4, 0.5) is 0 Å². The zero-order chi connectivity index (χ0) is 15.2. The lowest BCUT2D eigenvalue weighted by atomic mass is 10.1. The Hall–Kier alpha value is -2.21. The number of carbonyl (C=O) groups is 2. The van der Waals surface area contributed by atoms with Crippen LogP contribution >= 0.6 is 15.9 Å². The number of nitrogens with zero attached hydrogens (tertiary/aromatic N) is 1. The number of nitrogens with one attached hydrogen (secondary N) is 1. The van der Waals surface area contributed by atoms with Crippen LogP contribution in [0.15, 0.2) is 47.2 Å². The highest BCUT2D eigenvalue weighted by atomic mass is 79.9. The van der Waals surface area contributed by atoms with Crippen LogP contribution in [0.1, 0.15) is 22.8 Å². The van der Waals surface area contributed by atoms with Gasteiger partial charge in [0.2, 0.25) is 5.91 Å². The van der Waals surface area contributed by atoms with E-state index in [-0.39, 0.29) is 5.91 Å². The third-order valence-corrected chi connectivity index (χ3v) is 3.06. The van der Waals surface area contributed by atoms with Gasteiger partial charge in [0.15, 0.2) is 5.75 Å². The number of halogens is 1. The van der Waals surface area contributed by atoms with Crippen molar-refractivity contribution in [2.24, 2.45) is 0 Å². The molecular formula is C15H13BrN2O3. The third-order valence-electron chi connectivity index (χ3n) is 2.62. The van der Waals surface area contributed by atoms with Gasteiger partial charge >= 0.3 is 5.97 Å². The van der Waals surface area contributed by atoms with Crippen LogP contribution in [0.25, 0.3) is 0 Å². The Morgan fingerprint density at radius 1 is 1.24 bits per heavy atom. The van der Waals surface area contributed by atoms with Gasteiger partial charge in [-0.25, -0.2) is 4.79 Å². The predicted molar refractivity (Wildman–Crippen MR) is 80.9 cm³/mol. The summed E-state index contributed by atoms with van der Waals surface area (Å²) in [5.41, 5.74) is 1.34. The average molecular weight is 349 g/mol. The van der Waals surface area contributed by atoms with Gasteiger partial charge in [-0.2, -0.15) is 0 Å². The van der Waals surface area contributed by atoms with Gasteiger partial charge in [0, 0.05) is 24.1 Å². The molecule has 0 saturated heterocycles. The molecule has 0 aliphatic heterocycles. The van der Waals surface area contributed by atoms with Gasteiger partial charge in [0.05, 0.1) is 11.8 Å². The molecule has 21 heavy (non-hydrogen) atoms. The Balaban J connectivity index is 2.01. The molecule has 1 aromatic heterocycles. The van der Waals surface area contributed by atoms with E-state index in [1.54, 1.807) is 36.5 Å². The molecule has 1 N–H and O–H groups in total. The van der Waals surface area contributed by atoms with Crippen LogP contribution in [0.5, 0.6) is 5.75 Å². The van der Waals surface area contributed by atoms with Gasteiger partial charge in [-0.15, -0.1) is 0 Å². The van der Waals surface area contributed by atoms with E-state index >= 15 is 0 Å². The lowest BCUT2D eigenvalue weighted by molar-refractivity contribution is -0.119. The van der Waals surface area contributed by atoms with E-state index in [0.29, 0.717) is 17.9 Å². The van der Waals surface area contributed by atoms with Crippen molar-refractivity contribution in [3.8, 4) is 5.75 Å². The Bertz CT molecular complexity index is 656. The first-order valence-corrected chi connectivity index (χ1v) is 7.00. The summed E-state index contributed by atoms with van der Waals surface area (Å²) in [5, 5.41) is 2.69.